The highest BCUT2D eigenvalue weighted by Gasteiger charge is 2.20. The molecule has 6 heteroatoms. The Kier molecular flexibility index (Phi) is 4.37. The van der Waals surface area contributed by atoms with E-state index in [1.165, 1.54) is 0 Å². The fraction of sp³-hybridized carbons (Fsp3) is 0.267. The maximum atomic E-state index is 12.6. The average molecular weight is 286 g/mol. The first-order chi connectivity index (χ1) is 10.0. The van der Waals surface area contributed by atoms with Crippen LogP contribution in [0.5, 0.6) is 0 Å². The standard InChI is InChI=1S/C15H18N4O2/c1-10(9-14(16)18-21)19(2)15(20)12-7-8-17-13-6-4-3-5-11(12)13/h3-8,10,21H,9H2,1-2H3,(H2,16,18). The zero-order chi connectivity index (χ0) is 15.4. The quantitative estimate of drug-likeness (QED) is 0.388. The van der Waals surface area contributed by atoms with Gasteiger partial charge in [0.25, 0.3) is 5.91 Å². The number of benzene rings is 1. The predicted octanol–water partition coefficient (Wildman–Crippen LogP) is 1.83. The van der Waals surface area contributed by atoms with Gasteiger partial charge in [0.1, 0.15) is 5.84 Å². The molecule has 1 heterocycles. The van der Waals surface area contributed by atoms with E-state index in [2.05, 4.69) is 10.1 Å². The van der Waals surface area contributed by atoms with E-state index in [1.807, 2.05) is 31.2 Å². The predicted molar refractivity (Wildman–Crippen MR) is 81.3 cm³/mol. The highest BCUT2D eigenvalue weighted by atomic mass is 16.4. The molecule has 6 nitrogen and oxygen atoms in total. The second-order valence-corrected chi connectivity index (χ2v) is 4.94. The van der Waals surface area contributed by atoms with Gasteiger partial charge >= 0.3 is 0 Å². The summed E-state index contributed by atoms with van der Waals surface area (Å²) in [5, 5.41) is 12.4. The molecule has 2 rings (SSSR count). The van der Waals surface area contributed by atoms with Gasteiger partial charge in [0.05, 0.1) is 11.1 Å². The molecule has 0 aliphatic rings. The van der Waals surface area contributed by atoms with E-state index in [-0.39, 0.29) is 17.8 Å². The summed E-state index contributed by atoms with van der Waals surface area (Å²) in [6, 6.07) is 9.02. The Balaban J connectivity index is 2.30. The van der Waals surface area contributed by atoms with Gasteiger partial charge in [-0.05, 0) is 19.1 Å². The van der Waals surface area contributed by atoms with Gasteiger partial charge in [0.2, 0.25) is 0 Å². The van der Waals surface area contributed by atoms with Crippen molar-refractivity contribution < 1.29 is 10.0 Å². The number of pyridine rings is 1. The van der Waals surface area contributed by atoms with Gasteiger partial charge in [-0.1, -0.05) is 23.4 Å². The van der Waals surface area contributed by atoms with Gasteiger partial charge in [-0.15, -0.1) is 0 Å². The second kappa shape index (κ2) is 6.21. The monoisotopic (exact) mass is 286 g/mol. The molecule has 1 aromatic carbocycles. The fourth-order valence-electron chi connectivity index (χ4n) is 2.15. The molecule has 0 aliphatic heterocycles. The van der Waals surface area contributed by atoms with E-state index in [9.17, 15) is 4.79 Å². The number of para-hydroxylation sites is 1. The Labute approximate surface area is 122 Å². The summed E-state index contributed by atoms with van der Waals surface area (Å²) in [7, 11) is 1.70. The van der Waals surface area contributed by atoms with E-state index in [1.54, 1.807) is 24.2 Å². The Morgan fingerprint density at radius 2 is 2.14 bits per heavy atom. The molecule has 0 saturated carbocycles. The van der Waals surface area contributed by atoms with E-state index in [0.29, 0.717) is 12.0 Å². The topological polar surface area (TPSA) is 91.8 Å². The number of aromatic nitrogens is 1. The van der Waals surface area contributed by atoms with E-state index in [4.69, 9.17) is 10.9 Å². The van der Waals surface area contributed by atoms with Crippen molar-refractivity contribution in [1.29, 1.82) is 0 Å². The van der Waals surface area contributed by atoms with Crippen molar-refractivity contribution in [1.82, 2.24) is 9.88 Å². The first-order valence-corrected chi connectivity index (χ1v) is 6.62. The molecule has 0 fully saturated rings. The minimum absolute atomic E-state index is 0.0988. The molecule has 2 aromatic rings. The molecular formula is C15H18N4O2. The summed E-state index contributed by atoms with van der Waals surface area (Å²) < 4.78 is 0. The summed E-state index contributed by atoms with van der Waals surface area (Å²) in [6.07, 6.45) is 1.93. The molecule has 3 N–H and O–H groups in total. The first-order valence-electron chi connectivity index (χ1n) is 6.62. The number of nitrogens with two attached hydrogens (primary N) is 1. The van der Waals surface area contributed by atoms with Crippen LogP contribution in [0.15, 0.2) is 41.7 Å². The van der Waals surface area contributed by atoms with Crippen LogP contribution in [-0.4, -0.2) is 39.9 Å². The molecule has 0 saturated heterocycles. The summed E-state index contributed by atoms with van der Waals surface area (Å²) in [5.74, 6) is -0.0198. The molecule has 1 atom stereocenters. The van der Waals surface area contributed by atoms with Gasteiger partial charge in [-0.3, -0.25) is 9.78 Å². The van der Waals surface area contributed by atoms with Crippen LogP contribution < -0.4 is 5.73 Å². The third-order valence-electron chi connectivity index (χ3n) is 3.49. The third kappa shape index (κ3) is 3.10. The Bertz CT molecular complexity index is 679. The SMILES string of the molecule is CC(C/C(N)=N/O)N(C)C(=O)c1ccnc2ccccc12. The van der Waals surface area contributed by atoms with Gasteiger partial charge in [-0.2, -0.15) is 0 Å². The minimum atomic E-state index is -0.180. The summed E-state index contributed by atoms with van der Waals surface area (Å²) in [5.41, 5.74) is 6.86. The largest absolute Gasteiger partial charge is 0.409 e. The molecule has 0 spiro atoms. The lowest BCUT2D eigenvalue weighted by molar-refractivity contribution is 0.0749. The molecule has 110 valence electrons. The van der Waals surface area contributed by atoms with Crippen molar-refractivity contribution in [3.63, 3.8) is 0 Å². The Morgan fingerprint density at radius 1 is 1.43 bits per heavy atom. The lowest BCUT2D eigenvalue weighted by atomic mass is 10.1. The number of amidine groups is 1. The maximum Gasteiger partial charge on any atom is 0.254 e. The summed E-state index contributed by atoms with van der Waals surface area (Å²) >= 11 is 0. The van der Waals surface area contributed by atoms with Crippen LogP contribution in [0.3, 0.4) is 0 Å². The van der Waals surface area contributed by atoms with Crippen LogP contribution in [0.25, 0.3) is 10.9 Å². The van der Waals surface area contributed by atoms with Crippen molar-refractivity contribution in [2.45, 2.75) is 19.4 Å². The van der Waals surface area contributed by atoms with E-state index in [0.717, 1.165) is 10.9 Å². The molecule has 0 radical (unpaired) electrons. The van der Waals surface area contributed by atoms with Crippen molar-refractivity contribution in [3.8, 4) is 0 Å². The molecule has 0 aliphatic carbocycles. The number of hydrogen-bond donors (Lipinski definition) is 2. The van der Waals surface area contributed by atoms with Crippen molar-refractivity contribution in [2.24, 2.45) is 10.9 Å². The van der Waals surface area contributed by atoms with Crippen LogP contribution in [-0.2, 0) is 0 Å². The highest BCUT2D eigenvalue weighted by molar-refractivity contribution is 6.06. The third-order valence-corrected chi connectivity index (χ3v) is 3.49. The number of carbonyl (C=O) groups excluding carboxylic acids is 1. The molecule has 0 bridgehead atoms. The second-order valence-electron chi connectivity index (χ2n) is 4.94. The summed E-state index contributed by atoms with van der Waals surface area (Å²) in [6.45, 7) is 1.85. The molecule has 21 heavy (non-hydrogen) atoms. The van der Waals surface area contributed by atoms with Gasteiger partial charge in [-0.25, -0.2) is 0 Å². The van der Waals surface area contributed by atoms with Gasteiger partial charge in [0, 0.05) is 31.1 Å². The zero-order valence-electron chi connectivity index (χ0n) is 12.0. The van der Waals surface area contributed by atoms with E-state index >= 15 is 0 Å². The van der Waals surface area contributed by atoms with Crippen LogP contribution >= 0.6 is 0 Å². The Morgan fingerprint density at radius 3 is 2.86 bits per heavy atom. The maximum absolute atomic E-state index is 12.6. The van der Waals surface area contributed by atoms with Gasteiger partial charge < -0.3 is 15.8 Å². The molecular weight excluding hydrogens is 268 g/mol. The first kappa shape index (κ1) is 14.8. The highest BCUT2D eigenvalue weighted by Crippen LogP contribution is 2.18. The zero-order valence-corrected chi connectivity index (χ0v) is 12.0. The lowest BCUT2D eigenvalue weighted by Crippen LogP contribution is -2.37. The Hall–Kier alpha value is -2.63. The van der Waals surface area contributed by atoms with Crippen molar-refractivity contribution >= 4 is 22.6 Å². The average Bonchev–Trinajstić information content (AvgIpc) is 2.52. The molecule has 1 unspecified atom stereocenters. The molecule has 1 amide bonds. The fourth-order valence-corrected chi connectivity index (χ4v) is 2.15. The smallest absolute Gasteiger partial charge is 0.254 e. The summed E-state index contributed by atoms with van der Waals surface area (Å²) in [4.78, 5) is 18.5. The van der Waals surface area contributed by atoms with Crippen LogP contribution in [0.1, 0.15) is 23.7 Å². The normalized spacial score (nSPS) is 13.1. The van der Waals surface area contributed by atoms with Crippen LogP contribution in [0.4, 0.5) is 0 Å². The lowest BCUT2D eigenvalue weighted by Gasteiger charge is -2.25. The number of oxime groups is 1. The molecule has 1 aromatic heterocycles. The van der Waals surface area contributed by atoms with Crippen LogP contribution in [0, 0.1) is 0 Å². The van der Waals surface area contributed by atoms with Crippen LogP contribution in [0.2, 0.25) is 0 Å². The number of hydrogen-bond acceptors (Lipinski definition) is 4. The van der Waals surface area contributed by atoms with Gasteiger partial charge in [0.15, 0.2) is 0 Å². The number of nitrogens with zero attached hydrogens (tertiary/aromatic N) is 3. The van der Waals surface area contributed by atoms with E-state index < -0.39 is 0 Å². The number of carbonyl (C=O) groups is 1. The number of rotatable bonds is 4. The minimum Gasteiger partial charge on any atom is -0.409 e. The number of amides is 1. The number of fused-ring (bicyclic) bond motifs is 1. The van der Waals surface area contributed by atoms with Crippen molar-refractivity contribution in [2.75, 3.05) is 7.05 Å². The van der Waals surface area contributed by atoms with Crippen molar-refractivity contribution in [3.05, 3.63) is 42.1 Å².